The first kappa shape index (κ1) is 47.1. The molecule has 18 heteroatoms. The number of likely N-dealkylation sites (tertiary alicyclic amines) is 1. The van der Waals surface area contributed by atoms with Gasteiger partial charge in [-0.1, -0.05) is 62.4 Å². The number of hydrogen-bond acceptors (Lipinski definition) is 9. The number of nitrogens with one attached hydrogen (secondary N) is 4. The Labute approximate surface area is 402 Å². The van der Waals surface area contributed by atoms with Crippen molar-refractivity contribution in [2.24, 2.45) is 16.7 Å². The summed E-state index contributed by atoms with van der Waals surface area (Å²) in [5, 5.41) is 12.0. The van der Waals surface area contributed by atoms with Crippen LogP contribution in [0.25, 0.3) is 0 Å². The molecule has 69 heavy (non-hydrogen) atoms. The lowest BCUT2D eigenvalue weighted by Crippen LogP contribution is -2.53. The lowest BCUT2D eigenvalue weighted by atomic mass is 9.63. The van der Waals surface area contributed by atoms with Crippen molar-refractivity contribution in [2.45, 2.75) is 126 Å². The van der Waals surface area contributed by atoms with Crippen molar-refractivity contribution in [3.05, 3.63) is 93.0 Å². The molecule has 5 fully saturated rings. The maximum atomic E-state index is 16.2. The summed E-state index contributed by atoms with van der Waals surface area (Å²) in [4.78, 5) is 73.2. The van der Waals surface area contributed by atoms with Crippen molar-refractivity contribution >= 4 is 46.8 Å². The van der Waals surface area contributed by atoms with Crippen molar-refractivity contribution in [1.29, 1.82) is 0 Å². The number of benzene rings is 2. The fourth-order valence-corrected chi connectivity index (χ4v) is 12.2. The van der Waals surface area contributed by atoms with Crippen LogP contribution in [-0.4, -0.2) is 101 Å². The average Bonchev–Trinajstić information content (AvgIpc) is 3.51. The van der Waals surface area contributed by atoms with Gasteiger partial charge < -0.3 is 30.5 Å². The van der Waals surface area contributed by atoms with Crippen LogP contribution < -0.4 is 21.3 Å². The summed E-state index contributed by atoms with van der Waals surface area (Å²) in [5.41, 5.74) is 0.446. The fraction of sp³-hybridized carbons (Fsp3) is 0.529. The van der Waals surface area contributed by atoms with Crippen LogP contribution >= 0.6 is 11.6 Å². The minimum absolute atomic E-state index is 0.00285. The van der Waals surface area contributed by atoms with Gasteiger partial charge in [-0.2, -0.15) is 13.2 Å². The van der Waals surface area contributed by atoms with Gasteiger partial charge in [0.2, 0.25) is 17.7 Å². The maximum absolute atomic E-state index is 16.2. The van der Waals surface area contributed by atoms with Gasteiger partial charge in [-0.15, -0.1) is 0 Å². The SMILES string of the molecule is CC(C)(C)C[C@@H]1N[C@@H](C(=O)N[C@@H]2CC[C@@H](C(=O)N3CCC4(CC3)C[C@@H]4C#Cc3cccc4c3CN(C3CCC(=O)NC3=O)C4=O)OC2)[C@H](c2cccc(Cl)c2F)[C@]12CNc1cc(C(F)(F)F)ncc12. The molecular formula is C51H54ClF4N7O6. The molecule has 10 rings (SSSR count). The van der Waals surface area contributed by atoms with Crippen molar-refractivity contribution < 1.29 is 46.3 Å². The Hall–Kier alpha value is -5.57. The van der Waals surface area contributed by atoms with E-state index in [2.05, 4.69) is 38.1 Å². The molecule has 6 aliphatic heterocycles. The number of amides is 5. The van der Waals surface area contributed by atoms with Crippen LogP contribution in [0, 0.1) is 34.4 Å². The van der Waals surface area contributed by atoms with Crippen molar-refractivity contribution in [3.63, 3.8) is 0 Å². The summed E-state index contributed by atoms with van der Waals surface area (Å²) >= 11 is 6.36. The summed E-state index contributed by atoms with van der Waals surface area (Å²) in [6.45, 7) is 7.65. The second-order valence-electron chi connectivity index (χ2n) is 21.1. The molecule has 1 aliphatic carbocycles. The Morgan fingerprint density at radius 3 is 2.52 bits per heavy atom. The van der Waals surface area contributed by atoms with Crippen molar-refractivity contribution in [1.82, 2.24) is 30.7 Å². The van der Waals surface area contributed by atoms with E-state index in [-0.39, 0.29) is 83.3 Å². The first-order chi connectivity index (χ1) is 32.8. The number of imide groups is 1. The molecule has 7 heterocycles. The number of fused-ring (bicyclic) bond motifs is 3. The van der Waals surface area contributed by atoms with Crippen LogP contribution in [0.3, 0.4) is 0 Å². The quantitative estimate of drug-likeness (QED) is 0.128. The number of halogens is 5. The monoisotopic (exact) mass is 971 g/mol. The summed E-state index contributed by atoms with van der Waals surface area (Å²) in [6, 6.07) is 8.31. The standard InChI is InChI=1S/C51H54ClF4N7O6/c1-48(2,3)22-39-50(26-58-35-20-38(51(54,55)56)57-23-33(35)50)41(31-8-5-9-34(52)42(31)53)43(60-39)45(66)59-29-12-14-37(69-25-29)47(68)62-18-16-49(17-19-62)21-28(49)11-10-27-6-4-7-30-32(27)24-63(46(30)67)36-13-15-40(64)61-44(36)65/h4-9,20,23,28-29,36-37,39,41,43,58,60H,12-19,21-22,24-26H2,1-3H3,(H,59,66)(H,61,64,65)/t28-,29+,36?,37-,39-,41-,43+,50-/m0/s1. The van der Waals surface area contributed by atoms with Gasteiger partial charge in [-0.25, -0.2) is 4.39 Å². The molecule has 2 spiro atoms. The third kappa shape index (κ3) is 8.54. The van der Waals surface area contributed by atoms with Crippen LogP contribution in [-0.2, 0) is 42.1 Å². The Bertz CT molecular complexity index is 2700. The summed E-state index contributed by atoms with van der Waals surface area (Å²) in [5.74, 6) is 3.75. The summed E-state index contributed by atoms with van der Waals surface area (Å²) in [7, 11) is 0. The van der Waals surface area contributed by atoms with Gasteiger partial charge in [-0.3, -0.25) is 34.3 Å². The third-order valence-corrected chi connectivity index (χ3v) is 16.0. The Morgan fingerprint density at radius 1 is 1.04 bits per heavy atom. The van der Waals surface area contributed by atoms with Gasteiger partial charge in [-0.05, 0) is 91.2 Å². The second kappa shape index (κ2) is 17.4. The second-order valence-corrected chi connectivity index (χ2v) is 21.5. The first-order valence-corrected chi connectivity index (χ1v) is 24.1. The van der Waals surface area contributed by atoms with Gasteiger partial charge in [0.15, 0.2) is 0 Å². The number of carbonyl (C=O) groups excluding carboxylic acids is 5. The van der Waals surface area contributed by atoms with E-state index < -0.39 is 71.1 Å². The predicted molar refractivity (Wildman–Crippen MR) is 245 cm³/mol. The lowest BCUT2D eigenvalue weighted by Gasteiger charge is -2.39. The lowest BCUT2D eigenvalue weighted by molar-refractivity contribution is -0.149. The van der Waals surface area contributed by atoms with Crippen molar-refractivity contribution in [3.8, 4) is 11.8 Å². The summed E-state index contributed by atoms with van der Waals surface area (Å²) < 4.78 is 63.9. The molecule has 0 bridgehead atoms. The number of rotatable bonds is 6. The minimum atomic E-state index is -4.68. The van der Waals surface area contributed by atoms with E-state index >= 15 is 4.39 Å². The maximum Gasteiger partial charge on any atom is 0.433 e. The highest BCUT2D eigenvalue weighted by Gasteiger charge is 2.62. The number of piperidine rings is 2. The van der Waals surface area contributed by atoms with E-state index in [0.717, 1.165) is 36.5 Å². The molecule has 0 radical (unpaired) electrons. The molecule has 5 amide bonds. The molecule has 1 aromatic heterocycles. The van der Waals surface area contributed by atoms with E-state index in [4.69, 9.17) is 16.3 Å². The first-order valence-electron chi connectivity index (χ1n) is 23.8. The van der Waals surface area contributed by atoms with Crippen LogP contribution in [0.2, 0.25) is 5.02 Å². The number of alkyl halides is 3. The number of hydrogen-bond donors (Lipinski definition) is 4. The van der Waals surface area contributed by atoms with E-state index in [0.29, 0.717) is 43.5 Å². The number of aromatic nitrogens is 1. The molecule has 364 valence electrons. The van der Waals surface area contributed by atoms with Gasteiger partial charge in [0.05, 0.1) is 23.7 Å². The Morgan fingerprint density at radius 2 is 1.81 bits per heavy atom. The van der Waals surface area contributed by atoms with Crippen LogP contribution in [0.15, 0.2) is 48.7 Å². The Kier molecular flexibility index (Phi) is 11.9. The van der Waals surface area contributed by atoms with E-state index in [1.807, 2.05) is 31.7 Å². The molecule has 2 aromatic carbocycles. The van der Waals surface area contributed by atoms with Gasteiger partial charge >= 0.3 is 6.18 Å². The molecule has 3 aromatic rings. The average molecular weight is 972 g/mol. The van der Waals surface area contributed by atoms with E-state index in [1.165, 1.54) is 17.2 Å². The predicted octanol–water partition coefficient (Wildman–Crippen LogP) is 6.22. The number of anilines is 1. The molecule has 1 unspecified atom stereocenters. The number of nitrogens with zero attached hydrogens (tertiary/aromatic N) is 3. The molecule has 4 saturated heterocycles. The molecule has 13 nitrogen and oxygen atoms in total. The normalized spacial score (nSPS) is 29.3. The number of carbonyl (C=O) groups is 5. The third-order valence-electron chi connectivity index (χ3n) is 15.7. The minimum Gasteiger partial charge on any atom is -0.384 e. The van der Waals surface area contributed by atoms with Crippen LogP contribution in [0.4, 0.5) is 23.2 Å². The highest BCUT2D eigenvalue weighted by atomic mass is 35.5. The highest BCUT2D eigenvalue weighted by Crippen LogP contribution is 2.59. The molecular weight excluding hydrogens is 918 g/mol. The smallest absolute Gasteiger partial charge is 0.384 e. The van der Waals surface area contributed by atoms with Crippen molar-refractivity contribution in [2.75, 3.05) is 31.6 Å². The van der Waals surface area contributed by atoms with Gasteiger partial charge in [0, 0.05) is 84.5 Å². The molecule has 7 aliphatic rings. The zero-order valence-corrected chi connectivity index (χ0v) is 39.3. The largest absolute Gasteiger partial charge is 0.433 e. The topological polar surface area (TPSA) is 162 Å². The zero-order valence-electron chi connectivity index (χ0n) is 38.5. The zero-order chi connectivity index (χ0) is 48.8. The molecule has 4 N–H and O–H groups in total. The molecule has 1 saturated carbocycles. The van der Waals surface area contributed by atoms with Crippen LogP contribution in [0.1, 0.15) is 116 Å². The highest BCUT2D eigenvalue weighted by molar-refractivity contribution is 6.30. The fourth-order valence-electron chi connectivity index (χ4n) is 12.0. The van der Waals surface area contributed by atoms with Gasteiger partial charge in [0.1, 0.15) is 23.7 Å². The number of ether oxygens (including phenoxy) is 1. The van der Waals surface area contributed by atoms with E-state index in [9.17, 15) is 37.1 Å². The van der Waals surface area contributed by atoms with E-state index in [1.54, 1.807) is 24.3 Å². The van der Waals surface area contributed by atoms with Crippen LogP contribution in [0.5, 0.6) is 0 Å². The molecule has 8 atom stereocenters. The Balaban J connectivity index is 0.775. The van der Waals surface area contributed by atoms with Gasteiger partial charge in [0.25, 0.3) is 11.8 Å². The summed E-state index contributed by atoms with van der Waals surface area (Å²) in [6.07, 6.45) is 0.114. The number of pyridine rings is 1.